The topological polar surface area (TPSA) is 65.2 Å². The molecule has 0 unspecified atom stereocenters. The first-order chi connectivity index (χ1) is 9.52. The summed E-state index contributed by atoms with van der Waals surface area (Å²) in [7, 11) is 0. The second-order valence-corrected chi connectivity index (χ2v) is 4.84. The van der Waals surface area contributed by atoms with E-state index in [-0.39, 0.29) is 6.42 Å². The Hall–Kier alpha value is -2.41. The molecular formula is C16H19N3O. The summed E-state index contributed by atoms with van der Waals surface area (Å²) in [6.07, 6.45) is 3.35. The summed E-state index contributed by atoms with van der Waals surface area (Å²) in [6.45, 7) is 6.22. The van der Waals surface area contributed by atoms with Gasteiger partial charge in [-0.25, -0.2) is 5.43 Å². The third-order valence-corrected chi connectivity index (χ3v) is 2.69. The van der Waals surface area contributed by atoms with E-state index in [0.29, 0.717) is 5.92 Å². The van der Waals surface area contributed by atoms with Gasteiger partial charge in [0.25, 0.3) is 5.91 Å². The summed E-state index contributed by atoms with van der Waals surface area (Å²) in [4.78, 5) is 11.0. The summed E-state index contributed by atoms with van der Waals surface area (Å²) < 4.78 is 0. The molecule has 0 radical (unpaired) electrons. The largest absolute Gasteiger partial charge is 0.272 e. The predicted octanol–water partition coefficient (Wildman–Crippen LogP) is 3.23. The molecule has 0 saturated heterocycles. The molecule has 104 valence electrons. The quantitative estimate of drug-likeness (QED) is 0.658. The first-order valence-corrected chi connectivity index (χ1v) is 6.50. The minimum atomic E-state index is -0.405. The monoisotopic (exact) mass is 269 g/mol. The van der Waals surface area contributed by atoms with Crippen molar-refractivity contribution in [2.45, 2.75) is 33.1 Å². The molecule has 0 fully saturated rings. The van der Waals surface area contributed by atoms with Crippen LogP contribution in [0.15, 0.2) is 34.9 Å². The van der Waals surface area contributed by atoms with E-state index in [1.165, 1.54) is 5.56 Å². The second kappa shape index (κ2) is 7.90. The maximum atomic E-state index is 11.0. The molecule has 20 heavy (non-hydrogen) atoms. The molecule has 0 bridgehead atoms. The van der Waals surface area contributed by atoms with E-state index in [1.54, 1.807) is 12.3 Å². The lowest BCUT2D eigenvalue weighted by Gasteiger charge is -2.04. The van der Waals surface area contributed by atoms with E-state index in [0.717, 1.165) is 11.1 Å². The normalized spacial score (nSPS) is 11.7. The summed E-state index contributed by atoms with van der Waals surface area (Å²) in [5.41, 5.74) is 5.60. The van der Waals surface area contributed by atoms with E-state index in [9.17, 15) is 4.79 Å². The number of rotatable bonds is 5. The standard InChI is InChI=1S/C16H19N3O/c1-12(2)15-6-4-14(5-7-15)10-13(3)11-18-19-16(20)8-9-17/h4-7,10-12H,8H2,1-3H3,(H,19,20)/b13-10+,18-11-. The molecule has 1 aromatic carbocycles. The molecule has 4 heteroatoms. The van der Waals surface area contributed by atoms with Crippen LogP contribution in [0.1, 0.15) is 44.2 Å². The number of allylic oxidation sites excluding steroid dienone is 1. The van der Waals surface area contributed by atoms with Crippen LogP contribution >= 0.6 is 0 Å². The van der Waals surface area contributed by atoms with Crippen molar-refractivity contribution in [2.24, 2.45) is 5.10 Å². The molecule has 1 aromatic rings. The number of amides is 1. The van der Waals surface area contributed by atoms with Gasteiger partial charge >= 0.3 is 0 Å². The molecule has 0 saturated carbocycles. The van der Waals surface area contributed by atoms with E-state index < -0.39 is 5.91 Å². The number of nitrogens with zero attached hydrogens (tertiary/aromatic N) is 2. The van der Waals surface area contributed by atoms with Gasteiger partial charge in [-0.3, -0.25) is 4.79 Å². The van der Waals surface area contributed by atoms with Gasteiger partial charge in [-0.2, -0.15) is 10.4 Å². The number of hydrazone groups is 1. The Balaban J connectivity index is 2.62. The van der Waals surface area contributed by atoms with Crippen molar-refractivity contribution in [1.29, 1.82) is 5.26 Å². The third-order valence-electron chi connectivity index (χ3n) is 2.69. The molecule has 1 N–H and O–H groups in total. The van der Waals surface area contributed by atoms with Gasteiger partial charge in [-0.1, -0.05) is 44.2 Å². The lowest BCUT2D eigenvalue weighted by atomic mass is 10.0. The highest BCUT2D eigenvalue weighted by Crippen LogP contribution is 2.15. The van der Waals surface area contributed by atoms with E-state index in [1.807, 2.05) is 13.0 Å². The fraction of sp³-hybridized carbons (Fsp3) is 0.312. The minimum absolute atomic E-state index is 0.184. The fourth-order valence-corrected chi connectivity index (χ4v) is 1.59. The zero-order chi connectivity index (χ0) is 15.0. The van der Waals surface area contributed by atoms with Crippen molar-refractivity contribution >= 4 is 18.2 Å². The Morgan fingerprint density at radius 3 is 2.60 bits per heavy atom. The average Bonchev–Trinajstić information content (AvgIpc) is 2.39. The van der Waals surface area contributed by atoms with Gasteiger partial charge in [0.1, 0.15) is 6.42 Å². The lowest BCUT2D eigenvalue weighted by molar-refractivity contribution is -0.120. The molecular weight excluding hydrogens is 250 g/mol. The van der Waals surface area contributed by atoms with Crippen LogP contribution in [-0.4, -0.2) is 12.1 Å². The van der Waals surface area contributed by atoms with Crippen LogP contribution in [0.5, 0.6) is 0 Å². The molecule has 0 aliphatic carbocycles. The Kier molecular flexibility index (Phi) is 6.18. The molecule has 0 atom stereocenters. The van der Waals surface area contributed by atoms with Gasteiger partial charge in [0.2, 0.25) is 0 Å². The number of nitriles is 1. The van der Waals surface area contributed by atoms with E-state index in [2.05, 4.69) is 48.6 Å². The molecule has 0 aliphatic heterocycles. The molecule has 1 amide bonds. The number of carbonyl (C=O) groups excluding carboxylic acids is 1. The maximum Gasteiger partial charge on any atom is 0.254 e. The first kappa shape index (κ1) is 15.6. The highest BCUT2D eigenvalue weighted by atomic mass is 16.2. The van der Waals surface area contributed by atoms with Gasteiger partial charge in [0, 0.05) is 0 Å². The fourth-order valence-electron chi connectivity index (χ4n) is 1.59. The predicted molar refractivity (Wildman–Crippen MR) is 81.0 cm³/mol. The first-order valence-electron chi connectivity index (χ1n) is 6.50. The van der Waals surface area contributed by atoms with Crippen LogP contribution in [0, 0.1) is 11.3 Å². The number of benzene rings is 1. The molecule has 0 spiro atoms. The van der Waals surface area contributed by atoms with Crippen molar-refractivity contribution in [3.63, 3.8) is 0 Å². The van der Waals surface area contributed by atoms with Gasteiger partial charge in [0.05, 0.1) is 12.3 Å². The SMILES string of the molecule is CC(/C=N\NC(=O)CC#N)=C\c1ccc(C(C)C)cc1. The highest BCUT2D eigenvalue weighted by Gasteiger charge is 1.98. The molecule has 0 heterocycles. The highest BCUT2D eigenvalue weighted by molar-refractivity contribution is 5.86. The molecule has 4 nitrogen and oxygen atoms in total. The van der Waals surface area contributed by atoms with Gasteiger partial charge in [0.15, 0.2) is 0 Å². The summed E-state index contributed by atoms with van der Waals surface area (Å²) in [5, 5.41) is 12.1. The number of hydrogen-bond acceptors (Lipinski definition) is 3. The zero-order valence-corrected chi connectivity index (χ0v) is 12.1. The third kappa shape index (κ3) is 5.49. The Morgan fingerprint density at radius 1 is 1.40 bits per heavy atom. The van der Waals surface area contributed by atoms with E-state index >= 15 is 0 Å². The lowest BCUT2D eigenvalue weighted by Crippen LogP contribution is -2.16. The average molecular weight is 269 g/mol. The van der Waals surface area contributed by atoms with Crippen LogP contribution in [0.4, 0.5) is 0 Å². The smallest absolute Gasteiger partial charge is 0.254 e. The Labute approximate surface area is 119 Å². The summed E-state index contributed by atoms with van der Waals surface area (Å²) in [5.74, 6) is 0.115. The summed E-state index contributed by atoms with van der Waals surface area (Å²) in [6, 6.07) is 10.1. The van der Waals surface area contributed by atoms with Crippen molar-refractivity contribution in [1.82, 2.24) is 5.43 Å². The zero-order valence-electron chi connectivity index (χ0n) is 12.1. The Morgan fingerprint density at radius 2 is 2.05 bits per heavy atom. The van der Waals surface area contributed by atoms with E-state index in [4.69, 9.17) is 5.26 Å². The van der Waals surface area contributed by atoms with Crippen molar-refractivity contribution in [3.8, 4) is 6.07 Å². The minimum Gasteiger partial charge on any atom is -0.272 e. The van der Waals surface area contributed by atoms with Crippen LogP contribution in [0.25, 0.3) is 6.08 Å². The van der Waals surface area contributed by atoms with Crippen molar-refractivity contribution < 1.29 is 4.79 Å². The van der Waals surface area contributed by atoms with Crippen LogP contribution < -0.4 is 5.43 Å². The van der Waals surface area contributed by atoms with Crippen LogP contribution in [0.3, 0.4) is 0 Å². The van der Waals surface area contributed by atoms with Gasteiger partial charge < -0.3 is 0 Å². The second-order valence-electron chi connectivity index (χ2n) is 4.84. The Bertz CT molecular complexity index is 548. The van der Waals surface area contributed by atoms with Gasteiger partial charge in [-0.05, 0) is 29.5 Å². The summed E-state index contributed by atoms with van der Waals surface area (Å²) >= 11 is 0. The number of nitrogens with one attached hydrogen (secondary N) is 1. The van der Waals surface area contributed by atoms with Crippen molar-refractivity contribution in [3.05, 3.63) is 41.0 Å². The number of hydrogen-bond donors (Lipinski definition) is 1. The molecule has 0 aromatic heterocycles. The van der Waals surface area contributed by atoms with Gasteiger partial charge in [-0.15, -0.1) is 0 Å². The molecule has 1 rings (SSSR count). The number of carbonyl (C=O) groups is 1. The maximum absolute atomic E-state index is 11.0. The van der Waals surface area contributed by atoms with Crippen LogP contribution in [-0.2, 0) is 4.79 Å². The van der Waals surface area contributed by atoms with Crippen molar-refractivity contribution in [2.75, 3.05) is 0 Å². The molecule has 0 aliphatic rings. The van der Waals surface area contributed by atoms with Crippen LogP contribution in [0.2, 0.25) is 0 Å².